The molecule has 8 nitrogen and oxygen atoms in total. The first kappa shape index (κ1) is 18.4. The number of methoxy groups -OCH3 is 1. The third-order valence-electron chi connectivity index (χ3n) is 2.49. The van der Waals surface area contributed by atoms with Gasteiger partial charge in [-0.2, -0.15) is 0 Å². The predicted molar refractivity (Wildman–Crippen MR) is 84.3 cm³/mol. The SMILES string of the molecule is CCOC(=O)NC(=O)C(/C=N/c1sccc1C(=O)OC)=C(\C)O. The number of aliphatic hydroxyl groups excluding tert-OH is 1. The number of alkyl carbamates (subject to hydrolysis) is 1. The van der Waals surface area contributed by atoms with Crippen molar-refractivity contribution in [2.45, 2.75) is 13.8 Å². The van der Waals surface area contributed by atoms with E-state index in [4.69, 9.17) is 0 Å². The summed E-state index contributed by atoms with van der Waals surface area (Å²) < 4.78 is 9.19. The molecule has 0 aliphatic rings. The third-order valence-corrected chi connectivity index (χ3v) is 3.31. The number of esters is 1. The molecule has 0 saturated heterocycles. The van der Waals surface area contributed by atoms with Gasteiger partial charge in [0.2, 0.25) is 0 Å². The van der Waals surface area contributed by atoms with Gasteiger partial charge in [0.25, 0.3) is 5.91 Å². The molecular formula is C14H16N2O6S. The quantitative estimate of drug-likeness (QED) is 0.368. The fourth-order valence-corrected chi connectivity index (χ4v) is 2.16. The minimum atomic E-state index is -0.934. The molecule has 0 saturated carbocycles. The lowest BCUT2D eigenvalue weighted by atomic mass is 10.2. The molecule has 0 unspecified atom stereocenters. The van der Waals surface area contributed by atoms with E-state index in [1.54, 1.807) is 12.3 Å². The lowest BCUT2D eigenvalue weighted by Crippen LogP contribution is -2.33. The van der Waals surface area contributed by atoms with Crippen LogP contribution in [0.25, 0.3) is 0 Å². The zero-order valence-corrected chi connectivity index (χ0v) is 13.6. The molecule has 1 rings (SSSR count). The number of carbonyl (C=O) groups excluding carboxylic acids is 3. The molecule has 0 spiro atoms. The summed E-state index contributed by atoms with van der Waals surface area (Å²) in [5.74, 6) is -1.78. The molecule has 124 valence electrons. The van der Waals surface area contributed by atoms with E-state index >= 15 is 0 Å². The Balaban J connectivity index is 2.96. The first-order valence-electron chi connectivity index (χ1n) is 6.48. The molecule has 2 amide bonds. The number of amides is 2. The van der Waals surface area contributed by atoms with Crippen molar-refractivity contribution in [2.24, 2.45) is 4.99 Å². The van der Waals surface area contributed by atoms with E-state index in [2.05, 4.69) is 14.5 Å². The first-order valence-corrected chi connectivity index (χ1v) is 7.36. The molecule has 1 aromatic heterocycles. The Bertz CT molecular complexity index is 658. The molecule has 2 N–H and O–H groups in total. The molecule has 1 aromatic rings. The lowest BCUT2D eigenvalue weighted by molar-refractivity contribution is -0.116. The molecule has 0 aliphatic carbocycles. The van der Waals surface area contributed by atoms with Crippen LogP contribution in [0.5, 0.6) is 0 Å². The third kappa shape index (κ3) is 5.22. The maximum absolute atomic E-state index is 11.9. The van der Waals surface area contributed by atoms with Crippen molar-refractivity contribution in [2.75, 3.05) is 13.7 Å². The van der Waals surface area contributed by atoms with Crippen LogP contribution in [0.3, 0.4) is 0 Å². The van der Waals surface area contributed by atoms with Crippen molar-refractivity contribution in [3.63, 3.8) is 0 Å². The molecule has 0 radical (unpaired) electrons. The number of thiophene rings is 1. The monoisotopic (exact) mass is 340 g/mol. The van der Waals surface area contributed by atoms with Crippen molar-refractivity contribution >= 4 is 40.5 Å². The van der Waals surface area contributed by atoms with Crippen LogP contribution in [0.1, 0.15) is 24.2 Å². The highest BCUT2D eigenvalue weighted by Crippen LogP contribution is 2.27. The van der Waals surface area contributed by atoms with E-state index in [1.807, 2.05) is 5.32 Å². The highest BCUT2D eigenvalue weighted by Gasteiger charge is 2.16. The van der Waals surface area contributed by atoms with Gasteiger partial charge in [0.1, 0.15) is 10.8 Å². The fraction of sp³-hybridized carbons (Fsp3) is 0.286. The number of hydrogen-bond acceptors (Lipinski definition) is 8. The lowest BCUT2D eigenvalue weighted by Gasteiger charge is -2.05. The number of aliphatic imine (C=N–C) groups is 1. The molecular weight excluding hydrogens is 324 g/mol. The van der Waals surface area contributed by atoms with Crippen molar-refractivity contribution in [1.29, 1.82) is 0 Å². The summed E-state index contributed by atoms with van der Waals surface area (Å²) in [5, 5.41) is 13.4. The smallest absolute Gasteiger partial charge is 0.414 e. The second-order valence-corrected chi connectivity index (χ2v) is 4.96. The van der Waals surface area contributed by atoms with Crippen molar-refractivity contribution in [3.8, 4) is 0 Å². The topological polar surface area (TPSA) is 114 Å². The number of imide groups is 1. The number of allylic oxidation sites excluding steroid dienone is 1. The van der Waals surface area contributed by atoms with Gasteiger partial charge in [-0.15, -0.1) is 11.3 Å². The Morgan fingerprint density at radius 3 is 2.70 bits per heavy atom. The van der Waals surface area contributed by atoms with Crippen molar-refractivity contribution in [1.82, 2.24) is 5.32 Å². The van der Waals surface area contributed by atoms with E-state index in [9.17, 15) is 19.5 Å². The largest absolute Gasteiger partial charge is 0.512 e. The number of carbonyl (C=O) groups is 3. The molecule has 0 fully saturated rings. The normalized spacial score (nSPS) is 11.8. The molecule has 23 heavy (non-hydrogen) atoms. The Hall–Kier alpha value is -2.68. The summed E-state index contributed by atoms with van der Waals surface area (Å²) in [7, 11) is 1.24. The van der Waals surface area contributed by atoms with Gasteiger partial charge in [-0.1, -0.05) is 0 Å². The van der Waals surface area contributed by atoms with E-state index in [1.165, 1.54) is 20.1 Å². The number of ether oxygens (including phenoxy) is 2. The minimum Gasteiger partial charge on any atom is -0.512 e. The highest BCUT2D eigenvalue weighted by molar-refractivity contribution is 7.14. The summed E-state index contributed by atoms with van der Waals surface area (Å²) in [6.07, 6.45) is 0.123. The van der Waals surface area contributed by atoms with Crippen LogP contribution in [0.4, 0.5) is 9.80 Å². The Kier molecular flexibility index (Phi) is 6.94. The van der Waals surface area contributed by atoms with E-state index in [0.717, 1.165) is 17.6 Å². The zero-order chi connectivity index (χ0) is 17.4. The zero-order valence-electron chi connectivity index (χ0n) is 12.8. The first-order chi connectivity index (χ1) is 10.9. The molecule has 9 heteroatoms. The summed E-state index contributed by atoms with van der Waals surface area (Å²) in [6, 6.07) is 1.52. The van der Waals surface area contributed by atoms with Gasteiger partial charge < -0.3 is 14.6 Å². The molecule has 0 aromatic carbocycles. The van der Waals surface area contributed by atoms with Crippen molar-refractivity contribution in [3.05, 3.63) is 28.3 Å². The van der Waals surface area contributed by atoms with Gasteiger partial charge in [0.05, 0.1) is 24.9 Å². The Morgan fingerprint density at radius 2 is 2.13 bits per heavy atom. The van der Waals surface area contributed by atoms with Crippen LogP contribution in [0.15, 0.2) is 27.8 Å². The second kappa shape index (κ2) is 8.69. The average Bonchev–Trinajstić information content (AvgIpc) is 2.94. The van der Waals surface area contributed by atoms with Crippen LogP contribution in [0.2, 0.25) is 0 Å². The summed E-state index contributed by atoms with van der Waals surface area (Å²) >= 11 is 1.15. The van der Waals surface area contributed by atoms with Gasteiger partial charge in [0, 0.05) is 6.21 Å². The van der Waals surface area contributed by atoms with Gasteiger partial charge in [0.15, 0.2) is 0 Å². The molecule has 0 aliphatic heterocycles. The van der Waals surface area contributed by atoms with Crippen LogP contribution in [-0.4, -0.2) is 43.0 Å². The Labute approximate surface area is 136 Å². The number of aliphatic hydroxyl groups is 1. The van der Waals surface area contributed by atoms with Crippen LogP contribution in [-0.2, 0) is 14.3 Å². The van der Waals surface area contributed by atoms with Gasteiger partial charge >= 0.3 is 12.1 Å². The minimum absolute atomic E-state index is 0.0992. The Morgan fingerprint density at radius 1 is 1.43 bits per heavy atom. The van der Waals surface area contributed by atoms with Crippen LogP contribution >= 0.6 is 11.3 Å². The average molecular weight is 340 g/mol. The summed E-state index contributed by atoms with van der Waals surface area (Å²) in [5.41, 5.74) is -0.00300. The predicted octanol–water partition coefficient (Wildman–Crippen LogP) is 2.34. The fourth-order valence-electron chi connectivity index (χ4n) is 1.43. The summed E-state index contributed by atoms with van der Waals surface area (Å²) in [6.45, 7) is 2.95. The maximum Gasteiger partial charge on any atom is 0.414 e. The second-order valence-electron chi connectivity index (χ2n) is 4.06. The number of nitrogens with one attached hydrogen (secondary N) is 1. The number of rotatable bonds is 5. The van der Waals surface area contributed by atoms with Crippen molar-refractivity contribution < 1.29 is 29.0 Å². The maximum atomic E-state index is 11.9. The van der Waals surface area contributed by atoms with Gasteiger partial charge in [-0.05, 0) is 25.3 Å². The van der Waals surface area contributed by atoms with Gasteiger partial charge in [-0.3, -0.25) is 10.1 Å². The number of hydrogen-bond donors (Lipinski definition) is 2. The standard InChI is InChI=1S/C14H16N2O6S/c1-4-22-14(20)16-11(18)10(8(2)17)7-15-12-9(5-6-23-12)13(19)21-3/h5-7,17H,4H2,1-3H3,(H,16,18,20)/b10-8+,15-7+. The number of nitrogens with zero attached hydrogens (tertiary/aromatic N) is 1. The van der Waals surface area contributed by atoms with E-state index in [-0.39, 0.29) is 23.5 Å². The molecule has 0 bridgehead atoms. The molecule has 0 atom stereocenters. The molecule has 1 heterocycles. The van der Waals surface area contributed by atoms with E-state index < -0.39 is 18.0 Å². The summed E-state index contributed by atoms with van der Waals surface area (Å²) in [4.78, 5) is 38.7. The highest BCUT2D eigenvalue weighted by atomic mass is 32.1. The van der Waals surface area contributed by atoms with Gasteiger partial charge in [-0.25, -0.2) is 14.6 Å². The van der Waals surface area contributed by atoms with Crippen LogP contribution < -0.4 is 5.32 Å². The van der Waals surface area contributed by atoms with E-state index in [0.29, 0.717) is 5.00 Å². The van der Waals surface area contributed by atoms with Crippen LogP contribution in [0, 0.1) is 0 Å².